The quantitative estimate of drug-likeness (QED) is 0.111. The van der Waals surface area contributed by atoms with Gasteiger partial charge in [-0.05, 0) is 63.1 Å². The Bertz CT molecular complexity index is 1390. The van der Waals surface area contributed by atoms with Crippen molar-refractivity contribution in [3.8, 4) is 11.1 Å². The molecule has 1 aliphatic carbocycles. The van der Waals surface area contributed by atoms with Crippen LogP contribution in [0.25, 0.3) is 16.8 Å². The molecule has 0 saturated carbocycles. The molecule has 0 bridgehead atoms. The number of anilines is 1. The van der Waals surface area contributed by atoms with Crippen LogP contribution in [-0.2, 0) is 0 Å². The molecule has 2 aromatic carbocycles. The van der Waals surface area contributed by atoms with Crippen molar-refractivity contribution in [3.63, 3.8) is 0 Å². The molecular weight excluding hydrogens is 630 g/mol. The van der Waals surface area contributed by atoms with Gasteiger partial charge in [0, 0.05) is 69.2 Å². The summed E-state index contributed by atoms with van der Waals surface area (Å²) < 4.78 is 48.7. The molecule has 0 atom stereocenters. The Labute approximate surface area is 291 Å². The van der Waals surface area contributed by atoms with E-state index in [1.807, 2.05) is 42.1 Å². The molecule has 0 spiro atoms. The number of carbonyl (C=O) groups excluding carboxylic acids is 1. The van der Waals surface area contributed by atoms with E-state index in [2.05, 4.69) is 79.7 Å². The summed E-state index contributed by atoms with van der Waals surface area (Å²) in [6.07, 6.45) is 0.860. The molecule has 0 radical (unpaired) electrons. The lowest BCUT2D eigenvalue weighted by atomic mass is 9.95. The third-order valence-corrected chi connectivity index (χ3v) is 7.70. The van der Waals surface area contributed by atoms with E-state index in [9.17, 15) is 22.4 Å². The Morgan fingerprint density at radius 2 is 1.59 bits per heavy atom. The summed E-state index contributed by atoms with van der Waals surface area (Å²) in [7, 11) is 3.98. The van der Waals surface area contributed by atoms with E-state index < -0.39 is 18.8 Å². The second-order valence-corrected chi connectivity index (χ2v) is 11.8. The second kappa shape index (κ2) is 21.8. The summed E-state index contributed by atoms with van der Waals surface area (Å²) >= 11 is 0. The Kier molecular flexibility index (Phi) is 19.2. The number of benzene rings is 2. The highest BCUT2D eigenvalue weighted by Crippen LogP contribution is 2.42. The molecule has 2 N–H and O–H groups in total. The number of hydrogen-bond donors (Lipinski definition) is 1. The Morgan fingerprint density at radius 3 is 2.06 bits per heavy atom. The first-order chi connectivity index (χ1) is 23.3. The minimum Gasteiger partial charge on any atom is -0.377 e. The Balaban J connectivity index is 0.00000107. The van der Waals surface area contributed by atoms with Gasteiger partial charge in [0.05, 0.1) is 25.0 Å². The monoisotopic (exact) mass is 685 g/mol. The van der Waals surface area contributed by atoms with Gasteiger partial charge in [0.15, 0.2) is 5.78 Å². The molecule has 1 fully saturated rings. The number of rotatable bonds is 11. The first kappa shape index (κ1) is 43.0. The summed E-state index contributed by atoms with van der Waals surface area (Å²) in [6, 6.07) is 14.2. The number of nitrogens with two attached hydrogens (primary N) is 1. The van der Waals surface area contributed by atoms with Crippen LogP contribution in [-0.4, -0.2) is 88.1 Å². The van der Waals surface area contributed by atoms with E-state index in [4.69, 9.17) is 5.73 Å². The lowest BCUT2D eigenvalue weighted by Gasteiger charge is -2.36. The number of piperazine rings is 1. The SMILES string of the molecule is C=C.C=C/C(=C\CC)CCC1=C(N(C)C)c2c(cccc2-c2ccc(N3CCN(CCC(F)(F)F)CC3)cc2)C1=O.C=NCN.CC(C)F. The highest BCUT2D eigenvalue weighted by atomic mass is 19.4. The predicted molar refractivity (Wildman–Crippen MR) is 200 cm³/mol. The number of ketones is 1. The van der Waals surface area contributed by atoms with Gasteiger partial charge in [-0.3, -0.25) is 14.7 Å². The van der Waals surface area contributed by atoms with E-state index in [-0.39, 0.29) is 12.3 Å². The third kappa shape index (κ3) is 13.8. The number of aliphatic imine (C=N–C) groups is 1. The van der Waals surface area contributed by atoms with Crippen LogP contribution in [0.4, 0.5) is 23.2 Å². The van der Waals surface area contributed by atoms with Gasteiger partial charge in [0.2, 0.25) is 0 Å². The van der Waals surface area contributed by atoms with Gasteiger partial charge in [-0.2, -0.15) is 13.2 Å². The molecule has 2 aromatic rings. The fourth-order valence-corrected chi connectivity index (χ4v) is 5.57. The minimum atomic E-state index is -4.11. The molecule has 0 amide bonds. The number of Topliss-reactive ketones (excluding diaryl/α,β-unsaturated/α-hetero) is 1. The largest absolute Gasteiger partial charge is 0.390 e. The van der Waals surface area contributed by atoms with E-state index in [1.54, 1.807) is 0 Å². The van der Waals surface area contributed by atoms with Crippen molar-refractivity contribution in [2.45, 2.75) is 58.8 Å². The van der Waals surface area contributed by atoms with Crippen LogP contribution in [0.15, 0.2) is 90.5 Å². The van der Waals surface area contributed by atoms with Crippen molar-refractivity contribution in [1.29, 1.82) is 0 Å². The normalized spacial score (nSPS) is 14.6. The standard InChI is InChI=1S/C32H38F3N3O.C3H7F.C2H6N2.C2H4/c1-5-8-23(6-2)11-16-28-30(36(3)4)29-26(9-7-10-27(29)31(28)39)24-12-14-25(15-13-24)38-21-19-37(20-22-38)18-17-32(33,34)35;1-3(2)4;1-4-2-3;1-2/h6-10,12-15H,2,5,11,16-22H2,1,3-4H3;3H,1-2H3;1-3H2;1-2H2/b23-8+;;;. The lowest BCUT2D eigenvalue weighted by Crippen LogP contribution is -2.47. The summed E-state index contributed by atoms with van der Waals surface area (Å²) in [5.74, 6) is 0.0930. The van der Waals surface area contributed by atoms with Gasteiger partial charge in [0.1, 0.15) is 0 Å². The molecule has 1 heterocycles. The zero-order chi connectivity index (χ0) is 37.1. The maximum absolute atomic E-state index is 13.5. The predicted octanol–water partition coefficient (Wildman–Crippen LogP) is 8.97. The number of carbonyl (C=O) groups is 1. The highest BCUT2D eigenvalue weighted by Gasteiger charge is 2.33. The number of hydrogen-bond acceptors (Lipinski definition) is 6. The van der Waals surface area contributed by atoms with Gasteiger partial charge in [-0.25, -0.2) is 4.39 Å². The summed E-state index contributed by atoms with van der Waals surface area (Å²) in [6.45, 7) is 21.1. The maximum atomic E-state index is 13.5. The fraction of sp³-hybridized carbons (Fsp3) is 0.436. The molecule has 2 aliphatic rings. The van der Waals surface area contributed by atoms with Crippen LogP contribution < -0.4 is 10.6 Å². The first-order valence-corrected chi connectivity index (χ1v) is 16.6. The van der Waals surface area contributed by atoms with Crippen molar-refractivity contribution in [2.75, 3.05) is 58.4 Å². The summed E-state index contributed by atoms with van der Waals surface area (Å²) in [5.41, 5.74) is 12.6. The number of alkyl halides is 4. The topological polar surface area (TPSA) is 65.2 Å². The molecule has 10 heteroatoms. The minimum absolute atomic E-state index is 0.0572. The van der Waals surface area contributed by atoms with Crippen molar-refractivity contribution in [1.82, 2.24) is 9.80 Å². The van der Waals surface area contributed by atoms with E-state index in [0.717, 1.165) is 57.6 Å². The molecule has 0 aromatic heterocycles. The van der Waals surface area contributed by atoms with E-state index in [1.165, 1.54) is 13.8 Å². The van der Waals surface area contributed by atoms with Gasteiger partial charge < -0.3 is 15.5 Å². The average Bonchev–Trinajstić information content (AvgIpc) is 3.38. The van der Waals surface area contributed by atoms with Gasteiger partial charge in [0.25, 0.3) is 0 Å². The number of halogens is 4. The van der Waals surface area contributed by atoms with Crippen molar-refractivity contribution < 1.29 is 22.4 Å². The van der Waals surface area contributed by atoms with E-state index in [0.29, 0.717) is 39.3 Å². The van der Waals surface area contributed by atoms with Crippen LogP contribution in [0, 0.1) is 0 Å². The van der Waals surface area contributed by atoms with Crippen LogP contribution >= 0.6 is 0 Å². The van der Waals surface area contributed by atoms with E-state index >= 15 is 0 Å². The van der Waals surface area contributed by atoms with Crippen LogP contribution in [0.2, 0.25) is 0 Å². The molecule has 1 saturated heterocycles. The molecule has 270 valence electrons. The first-order valence-electron chi connectivity index (χ1n) is 16.6. The molecule has 4 rings (SSSR count). The van der Waals surface area contributed by atoms with Crippen LogP contribution in [0.5, 0.6) is 0 Å². The zero-order valence-electron chi connectivity index (χ0n) is 30.0. The smallest absolute Gasteiger partial charge is 0.377 e. The van der Waals surface area contributed by atoms with Crippen LogP contribution in [0.3, 0.4) is 0 Å². The van der Waals surface area contributed by atoms with Crippen molar-refractivity contribution >= 4 is 23.9 Å². The second-order valence-electron chi connectivity index (χ2n) is 11.8. The van der Waals surface area contributed by atoms with Gasteiger partial charge in [-0.15, -0.1) is 13.2 Å². The fourth-order valence-electron chi connectivity index (χ4n) is 5.57. The number of nitrogens with zero attached hydrogens (tertiary/aromatic N) is 4. The van der Waals surface area contributed by atoms with Crippen molar-refractivity contribution in [3.05, 3.63) is 96.6 Å². The van der Waals surface area contributed by atoms with Gasteiger partial charge >= 0.3 is 6.18 Å². The lowest BCUT2D eigenvalue weighted by molar-refractivity contribution is -0.138. The third-order valence-electron chi connectivity index (χ3n) is 7.70. The van der Waals surface area contributed by atoms with Crippen molar-refractivity contribution in [2.24, 2.45) is 10.7 Å². The van der Waals surface area contributed by atoms with Gasteiger partial charge in [-0.1, -0.05) is 61.6 Å². The Hall–Kier alpha value is -4.02. The molecule has 1 aliphatic heterocycles. The maximum Gasteiger partial charge on any atom is 0.390 e. The molecule has 6 nitrogen and oxygen atoms in total. The number of fused-ring (bicyclic) bond motifs is 1. The van der Waals surface area contributed by atoms with Crippen LogP contribution in [0.1, 0.15) is 62.4 Å². The summed E-state index contributed by atoms with van der Waals surface area (Å²) in [5, 5.41) is 0. The highest BCUT2D eigenvalue weighted by molar-refractivity contribution is 6.22. The Morgan fingerprint density at radius 1 is 1.04 bits per heavy atom. The summed E-state index contributed by atoms with van der Waals surface area (Å²) in [4.78, 5) is 23.0. The number of allylic oxidation sites excluding steroid dienone is 4. The molecule has 49 heavy (non-hydrogen) atoms. The average molecular weight is 686 g/mol. The molecule has 0 unspecified atom stereocenters. The molecular formula is C39H55F4N5O. The zero-order valence-corrected chi connectivity index (χ0v) is 30.0.